The lowest BCUT2D eigenvalue weighted by Crippen LogP contribution is -2.50. The Bertz CT molecular complexity index is 1210. The highest BCUT2D eigenvalue weighted by Crippen LogP contribution is 2.36. The third-order valence-corrected chi connectivity index (χ3v) is 5.46. The molecule has 2 aromatic rings. The van der Waals surface area contributed by atoms with Gasteiger partial charge in [0.25, 0.3) is 5.91 Å². The molecule has 2 N–H and O–H groups in total. The highest BCUT2D eigenvalue weighted by molar-refractivity contribution is 8.13. The van der Waals surface area contributed by atoms with Crippen molar-refractivity contribution in [3.63, 3.8) is 0 Å². The van der Waals surface area contributed by atoms with Gasteiger partial charge in [-0.15, -0.1) is 5.10 Å². The van der Waals surface area contributed by atoms with Crippen LogP contribution in [0.15, 0.2) is 52.6 Å². The fourth-order valence-corrected chi connectivity index (χ4v) is 4.04. The van der Waals surface area contributed by atoms with Gasteiger partial charge in [0.2, 0.25) is 0 Å². The molecule has 9 nitrogen and oxygen atoms in total. The standard InChI is InChI=1S/C22H22N4O5S/c1-3-30-17-11-13(9-10-16(17)31-12-18(27)28)20-23-15-8-6-5-7-14(15)19-21(29)24-22(32-4-2)25-26(19)20/h5-11,20H,3-4,12H2,1-2H3,(H,27,28)(H,24,25,29). The molecular formula is C22H22N4O5S. The van der Waals surface area contributed by atoms with Gasteiger partial charge in [-0.2, -0.15) is 0 Å². The van der Waals surface area contributed by atoms with Crippen molar-refractivity contribution in [1.82, 2.24) is 10.3 Å². The zero-order valence-corrected chi connectivity index (χ0v) is 18.4. The third kappa shape index (κ3) is 4.26. The average molecular weight is 455 g/mol. The molecule has 166 valence electrons. The van der Waals surface area contributed by atoms with E-state index in [2.05, 4.69) is 10.4 Å². The maximum absolute atomic E-state index is 13.0. The average Bonchev–Trinajstić information content (AvgIpc) is 2.78. The second-order valence-corrected chi connectivity index (χ2v) is 8.08. The molecule has 0 fully saturated rings. The molecule has 0 saturated heterocycles. The van der Waals surface area contributed by atoms with Crippen LogP contribution in [0.4, 0.5) is 0 Å². The molecule has 0 bridgehead atoms. The molecule has 0 spiro atoms. The number of benzene rings is 2. The monoisotopic (exact) mass is 454 g/mol. The Morgan fingerprint density at radius 3 is 2.75 bits per heavy atom. The minimum absolute atomic E-state index is 0.241. The number of aliphatic carboxylic acids is 1. The highest BCUT2D eigenvalue weighted by Gasteiger charge is 2.34. The van der Waals surface area contributed by atoms with Crippen molar-refractivity contribution in [2.24, 2.45) is 10.1 Å². The number of amidine groups is 1. The summed E-state index contributed by atoms with van der Waals surface area (Å²) in [5.74, 6) is 0.153. The number of nitrogens with zero attached hydrogens (tertiary/aromatic N) is 3. The van der Waals surface area contributed by atoms with Gasteiger partial charge in [0.05, 0.1) is 12.0 Å². The van der Waals surface area contributed by atoms with Crippen molar-refractivity contribution in [3.8, 4) is 11.5 Å². The molecule has 0 saturated carbocycles. The van der Waals surface area contributed by atoms with E-state index in [9.17, 15) is 9.59 Å². The number of carboxylic acid groups (broad SMARTS) is 1. The largest absolute Gasteiger partial charge is 0.490 e. The number of nitrogens with one attached hydrogen (secondary N) is 1. The van der Waals surface area contributed by atoms with Crippen molar-refractivity contribution >= 4 is 34.5 Å². The zero-order valence-electron chi connectivity index (χ0n) is 17.6. The Hall–Kier alpha value is -3.53. The summed E-state index contributed by atoms with van der Waals surface area (Å²) in [6.07, 6.45) is -0.605. The number of amides is 1. The Morgan fingerprint density at radius 1 is 1.19 bits per heavy atom. The molecule has 0 aliphatic carbocycles. The molecule has 32 heavy (non-hydrogen) atoms. The second kappa shape index (κ2) is 9.31. The lowest BCUT2D eigenvalue weighted by molar-refractivity contribution is -0.139. The van der Waals surface area contributed by atoms with Gasteiger partial charge in [-0.05, 0) is 30.9 Å². The van der Waals surface area contributed by atoms with Gasteiger partial charge >= 0.3 is 5.97 Å². The zero-order chi connectivity index (χ0) is 22.7. The minimum Gasteiger partial charge on any atom is -0.490 e. The van der Waals surface area contributed by atoms with Crippen LogP contribution in [0.3, 0.4) is 0 Å². The van der Waals surface area contributed by atoms with Crippen molar-refractivity contribution in [2.45, 2.75) is 20.0 Å². The number of hydrazone groups is 1. The molecule has 1 unspecified atom stereocenters. The number of hydrogen-bond acceptors (Lipinski definition) is 8. The van der Waals surface area contributed by atoms with Crippen LogP contribution in [0.5, 0.6) is 11.5 Å². The van der Waals surface area contributed by atoms with Crippen molar-refractivity contribution in [3.05, 3.63) is 58.6 Å². The van der Waals surface area contributed by atoms with Crippen molar-refractivity contribution in [1.29, 1.82) is 0 Å². The SMILES string of the molecule is CCOc1cc(C2N=c3ccccc3=C3C(=O)NC(SCC)=NN32)ccc1OCC(=O)O. The first-order valence-corrected chi connectivity index (χ1v) is 11.1. The quantitative estimate of drug-likeness (QED) is 0.651. The Kier molecular flexibility index (Phi) is 6.31. The molecule has 1 amide bonds. The normalized spacial score (nSPS) is 16.9. The van der Waals surface area contributed by atoms with E-state index >= 15 is 0 Å². The number of thioether (sulfide) groups is 1. The third-order valence-electron chi connectivity index (χ3n) is 4.71. The Labute approximate surface area is 188 Å². The number of fused-ring (bicyclic) bond motifs is 2. The van der Waals surface area contributed by atoms with Crippen LogP contribution in [-0.4, -0.2) is 46.1 Å². The second-order valence-electron chi connectivity index (χ2n) is 6.83. The molecule has 2 aliphatic heterocycles. The van der Waals surface area contributed by atoms with Gasteiger partial charge in [0.15, 0.2) is 29.4 Å². The fraction of sp³-hybridized carbons (Fsp3) is 0.273. The number of carbonyl (C=O) groups is 2. The van der Waals surface area contributed by atoms with Crippen LogP contribution >= 0.6 is 11.8 Å². The summed E-state index contributed by atoms with van der Waals surface area (Å²) >= 11 is 1.43. The first-order chi connectivity index (χ1) is 15.5. The maximum Gasteiger partial charge on any atom is 0.341 e. The number of para-hydroxylation sites is 1. The topological polar surface area (TPSA) is 113 Å². The lowest BCUT2D eigenvalue weighted by Gasteiger charge is -2.34. The van der Waals surface area contributed by atoms with Crippen molar-refractivity contribution < 1.29 is 24.2 Å². The van der Waals surface area contributed by atoms with Gasteiger partial charge in [-0.1, -0.05) is 43.0 Å². The molecular weight excluding hydrogens is 432 g/mol. The van der Waals surface area contributed by atoms with Gasteiger partial charge in [0, 0.05) is 10.8 Å². The lowest BCUT2D eigenvalue weighted by atomic mass is 10.1. The summed E-state index contributed by atoms with van der Waals surface area (Å²) < 4.78 is 11.0. The first-order valence-electron chi connectivity index (χ1n) is 10.1. The van der Waals surface area contributed by atoms with Crippen molar-refractivity contribution in [2.75, 3.05) is 19.0 Å². The molecule has 0 radical (unpaired) electrons. The fourth-order valence-electron chi connectivity index (χ4n) is 3.46. The van der Waals surface area contributed by atoms with E-state index in [1.54, 1.807) is 23.2 Å². The molecule has 0 aromatic heterocycles. The predicted molar refractivity (Wildman–Crippen MR) is 120 cm³/mol. The smallest absolute Gasteiger partial charge is 0.341 e. The van der Waals surface area contributed by atoms with Crippen LogP contribution in [0, 0.1) is 0 Å². The van der Waals surface area contributed by atoms with E-state index in [-0.39, 0.29) is 5.91 Å². The number of hydrogen-bond donors (Lipinski definition) is 2. The van der Waals surface area contributed by atoms with Crippen LogP contribution in [-0.2, 0) is 9.59 Å². The van der Waals surface area contributed by atoms with E-state index in [4.69, 9.17) is 19.6 Å². The molecule has 10 heteroatoms. The summed E-state index contributed by atoms with van der Waals surface area (Å²) in [7, 11) is 0. The van der Waals surface area contributed by atoms with Crippen LogP contribution in [0.25, 0.3) is 5.70 Å². The van der Waals surface area contributed by atoms with Gasteiger partial charge < -0.3 is 14.6 Å². The Balaban J connectivity index is 1.83. The molecule has 4 rings (SSSR count). The van der Waals surface area contributed by atoms with E-state index < -0.39 is 18.7 Å². The molecule has 1 atom stereocenters. The minimum atomic E-state index is -1.08. The molecule has 2 aliphatic rings. The van der Waals surface area contributed by atoms with E-state index in [1.165, 1.54) is 11.8 Å². The summed E-state index contributed by atoms with van der Waals surface area (Å²) in [6.45, 7) is 3.70. The summed E-state index contributed by atoms with van der Waals surface area (Å²) in [4.78, 5) is 28.8. The highest BCUT2D eigenvalue weighted by atomic mass is 32.2. The van der Waals surface area contributed by atoms with Crippen LogP contribution in [0.2, 0.25) is 0 Å². The number of carboxylic acids is 1. The molecule has 2 aromatic carbocycles. The summed E-state index contributed by atoms with van der Waals surface area (Å²) in [5.41, 5.74) is 1.15. The van der Waals surface area contributed by atoms with Crippen LogP contribution < -0.4 is 25.4 Å². The van der Waals surface area contributed by atoms with Gasteiger partial charge in [-0.3, -0.25) is 15.1 Å². The van der Waals surface area contributed by atoms with Gasteiger partial charge in [0.1, 0.15) is 5.70 Å². The van der Waals surface area contributed by atoms with Crippen LogP contribution in [0.1, 0.15) is 25.6 Å². The summed E-state index contributed by atoms with van der Waals surface area (Å²) in [5, 5.41) is 20.0. The van der Waals surface area contributed by atoms with E-state index in [1.807, 2.05) is 38.1 Å². The van der Waals surface area contributed by atoms with E-state index in [0.717, 1.165) is 11.3 Å². The number of rotatable bonds is 7. The number of carbonyl (C=O) groups excluding carboxylic acids is 1. The van der Waals surface area contributed by atoms with E-state index in [0.29, 0.717) is 39.5 Å². The summed E-state index contributed by atoms with van der Waals surface area (Å²) in [6, 6.07) is 12.6. The Morgan fingerprint density at radius 2 is 2.00 bits per heavy atom. The maximum atomic E-state index is 13.0. The predicted octanol–water partition coefficient (Wildman–Crippen LogP) is 1.44. The molecule has 2 heterocycles. The van der Waals surface area contributed by atoms with Gasteiger partial charge in [-0.25, -0.2) is 9.80 Å². The first kappa shape index (κ1) is 21.7. The number of ether oxygens (including phenoxy) is 2.